The molecule has 2 amide bonds. The molecule has 0 unspecified atom stereocenters. The van der Waals surface area contributed by atoms with E-state index in [1.165, 1.54) is 0 Å². The summed E-state index contributed by atoms with van der Waals surface area (Å²) in [5, 5.41) is 6.80. The Kier molecular flexibility index (Phi) is 7.92. The highest BCUT2D eigenvalue weighted by Gasteiger charge is 2.16. The second-order valence-electron chi connectivity index (χ2n) is 5.91. The van der Waals surface area contributed by atoms with Gasteiger partial charge in [-0.25, -0.2) is 0 Å². The van der Waals surface area contributed by atoms with Gasteiger partial charge in [-0.05, 0) is 43.3 Å². The molecule has 27 heavy (non-hydrogen) atoms. The van der Waals surface area contributed by atoms with E-state index in [2.05, 4.69) is 10.6 Å². The number of benzene rings is 2. The van der Waals surface area contributed by atoms with Gasteiger partial charge in [0.05, 0.1) is 28.8 Å². The maximum Gasteiger partial charge on any atom is 0.238 e. The predicted octanol–water partition coefficient (Wildman–Crippen LogP) is 4.85. The zero-order valence-corrected chi connectivity index (χ0v) is 17.3. The van der Waals surface area contributed by atoms with Crippen molar-refractivity contribution in [2.75, 3.05) is 30.3 Å². The van der Waals surface area contributed by atoms with Crippen LogP contribution in [0.5, 0.6) is 0 Å². The van der Waals surface area contributed by atoms with Crippen molar-refractivity contribution in [1.82, 2.24) is 4.90 Å². The van der Waals surface area contributed by atoms with Gasteiger partial charge in [-0.3, -0.25) is 14.5 Å². The molecule has 0 aliphatic rings. The lowest BCUT2D eigenvalue weighted by atomic mass is 10.2. The van der Waals surface area contributed by atoms with Crippen molar-refractivity contribution < 1.29 is 9.59 Å². The van der Waals surface area contributed by atoms with E-state index >= 15 is 0 Å². The molecule has 2 aromatic rings. The lowest BCUT2D eigenvalue weighted by Crippen LogP contribution is -2.38. The van der Waals surface area contributed by atoms with Crippen molar-refractivity contribution in [2.45, 2.75) is 13.8 Å². The van der Waals surface area contributed by atoms with Gasteiger partial charge < -0.3 is 10.6 Å². The first-order chi connectivity index (χ1) is 12.8. The summed E-state index contributed by atoms with van der Waals surface area (Å²) >= 11 is 18.2. The molecule has 2 aromatic carbocycles. The highest BCUT2D eigenvalue weighted by molar-refractivity contribution is 6.39. The number of likely N-dealkylation sites (N-methyl/N-ethyl adjacent to an activating group) is 1. The number of para-hydroxylation sites is 1. The number of carbonyl (C=O) groups excluding carboxylic acids is 2. The molecule has 0 heterocycles. The Labute approximate surface area is 173 Å². The van der Waals surface area contributed by atoms with E-state index in [0.29, 0.717) is 33.0 Å². The predicted molar refractivity (Wildman–Crippen MR) is 112 cm³/mol. The number of amides is 2. The van der Waals surface area contributed by atoms with E-state index in [1.54, 1.807) is 41.3 Å². The molecule has 0 saturated carbocycles. The standard InChI is InChI=1S/C19H20Cl3N3O2/c1-3-25(10-17(26)23-16-9-5-6-13(20)12(16)2)11-18(27)24-19-14(21)7-4-8-15(19)22/h4-9H,3,10-11H2,1-2H3,(H,23,26)(H,24,27). The molecule has 2 N–H and O–H groups in total. The van der Waals surface area contributed by atoms with Crippen molar-refractivity contribution in [3.63, 3.8) is 0 Å². The molecule has 0 spiro atoms. The Hall–Kier alpha value is -1.79. The third kappa shape index (κ3) is 6.11. The molecule has 2 rings (SSSR count). The molecular formula is C19H20Cl3N3O2. The highest BCUT2D eigenvalue weighted by Crippen LogP contribution is 2.29. The van der Waals surface area contributed by atoms with Crippen molar-refractivity contribution in [3.05, 3.63) is 57.0 Å². The van der Waals surface area contributed by atoms with E-state index in [9.17, 15) is 9.59 Å². The topological polar surface area (TPSA) is 61.4 Å². The van der Waals surface area contributed by atoms with E-state index in [1.807, 2.05) is 13.8 Å². The van der Waals surface area contributed by atoms with Gasteiger partial charge in [0.25, 0.3) is 0 Å². The Bertz CT molecular complexity index is 823. The minimum absolute atomic E-state index is 0.0278. The summed E-state index contributed by atoms with van der Waals surface area (Å²) in [6.45, 7) is 4.31. The van der Waals surface area contributed by atoms with Crippen LogP contribution in [0, 0.1) is 6.92 Å². The van der Waals surface area contributed by atoms with E-state index in [0.717, 1.165) is 5.56 Å². The SMILES string of the molecule is CCN(CC(=O)Nc1cccc(Cl)c1C)CC(=O)Nc1c(Cl)cccc1Cl. The number of nitrogens with one attached hydrogen (secondary N) is 2. The molecule has 144 valence electrons. The van der Waals surface area contributed by atoms with Crippen LogP contribution < -0.4 is 10.6 Å². The number of carbonyl (C=O) groups is 2. The number of rotatable bonds is 7. The summed E-state index contributed by atoms with van der Waals surface area (Å²) in [6, 6.07) is 10.3. The summed E-state index contributed by atoms with van der Waals surface area (Å²) in [4.78, 5) is 26.3. The summed E-state index contributed by atoms with van der Waals surface area (Å²) in [5.74, 6) is -0.538. The third-order valence-corrected chi connectivity index (χ3v) is 4.99. The number of hydrogen-bond acceptors (Lipinski definition) is 3. The Morgan fingerprint density at radius 2 is 1.41 bits per heavy atom. The van der Waals surface area contributed by atoms with Crippen molar-refractivity contribution in [3.8, 4) is 0 Å². The quantitative estimate of drug-likeness (QED) is 0.662. The monoisotopic (exact) mass is 427 g/mol. The normalized spacial score (nSPS) is 10.7. The minimum Gasteiger partial charge on any atom is -0.325 e. The van der Waals surface area contributed by atoms with Crippen LogP contribution in [0.4, 0.5) is 11.4 Å². The second-order valence-corrected chi connectivity index (χ2v) is 7.13. The molecular weight excluding hydrogens is 409 g/mol. The fourth-order valence-electron chi connectivity index (χ4n) is 2.41. The van der Waals surface area contributed by atoms with Crippen LogP contribution >= 0.6 is 34.8 Å². The Morgan fingerprint density at radius 3 is 2.00 bits per heavy atom. The lowest BCUT2D eigenvalue weighted by molar-refractivity contribution is -0.119. The average Bonchev–Trinajstić information content (AvgIpc) is 2.61. The lowest BCUT2D eigenvalue weighted by Gasteiger charge is -2.20. The minimum atomic E-state index is -0.307. The van der Waals surface area contributed by atoms with Crippen LogP contribution in [0.25, 0.3) is 0 Å². The van der Waals surface area contributed by atoms with Crippen molar-refractivity contribution in [1.29, 1.82) is 0 Å². The maximum absolute atomic E-state index is 12.3. The number of halogens is 3. The highest BCUT2D eigenvalue weighted by atomic mass is 35.5. The third-order valence-electron chi connectivity index (χ3n) is 3.95. The van der Waals surface area contributed by atoms with Crippen molar-refractivity contribution >= 4 is 58.0 Å². The second kappa shape index (κ2) is 9.95. The molecule has 0 atom stereocenters. The van der Waals surface area contributed by atoms with Crippen LogP contribution in [0.1, 0.15) is 12.5 Å². The van der Waals surface area contributed by atoms with Crippen molar-refractivity contribution in [2.24, 2.45) is 0 Å². The van der Waals surface area contributed by atoms with Gasteiger partial charge in [-0.15, -0.1) is 0 Å². The van der Waals surface area contributed by atoms with Gasteiger partial charge in [0.1, 0.15) is 0 Å². The van der Waals surface area contributed by atoms with Crippen LogP contribution in [0.15, 0.2) is 36.4 Å². The molecule has 0 bridgehead atoms. The zero-order chi connectivity index (χ0) is 20.0. The molecule has 8 heteroatoms. The zero-order valence-electron chi connectivity index (χ0n) is 15.0. The van der Waals surface area contributed by atoms with Gasteiger partial charge in [-0.1, -0.05) is 53.9 Å². The van der Waals surface area contributed by atoms with Gasteiger partial charge >= 0.3 is 0 Å². The number of anilines is 2. The number of nitrogens with zero attached hydrogens (tertiary/aromatic N) is 1. The summed E-state index contributed by atoms with van der Waals surface area (Å²) in [7, 11) is 0. The molecule has 0 aliphatic heterocycles. The van der Waals surface area contributed by atoms with Crippen LogP contribution in [-0.2, 0) is 9.59 Å². The molecule has 0 fully saturated rings. The van der Waals surface area contributed by atoms with E-state index < -0.39 is 0 Å². The fraction of sp³-hybridized carbons (Fsp3) is 0.263. The molecule has 0 aliphatic carbocycles. The van der Waals surface area contributed by atoms with Gasteiger partial charge in [0.2, 0.25) is 11.8 Å². The fourth-order valence-corrected chi connectivity index (χ4v) is 3.08. The van der Waals surface area contributed by atoms with Gasteiger partial charge in [0.15, 0.2) is 0 Å². The van der Waals surface area contributed by atoms with E-state index in [4.69, 9.17) is 34.8 Å². The first-order valence-corrected chi connectivity index (χ1v) is 9.46. The van der Waals surface area contributed by atoms with Gasteiger partial charge in [-0.2, -0.15) is 0 Å². The largest absolute Gasteiger partial charge is 0.325 e. The van der Waals surface area contributed by atoms with Gasteiger partial charge in [0, 0.05) is 10.7 Å². The Morgan fingerprint density at radius 1 is 0.889 bits per heavy atom. The summed E-state index contributed by atoms with van der Waals surface area (Å²) in [5.41, 5.74) is 1.80. The first-order valence-electron chi connectivity index (χ1n) is 8.33. The number of hydrogen-bond donors (Lipinski definition) is 2. The molecule has 0 saturated heterocycles. The van der Waals surface area contributed by atoms with Crippen LogP contribution in [0.3, 0.4) is 0 Å². The van der Waals surface area contributed by atoms with Crippen LogP contribution in [0.2, 0.25) is 15.1 Å². The molecule has 0 aromatic heterocycles. The van der Waals surface area contributed by atoms with Crippen LogP contribution in [-0.4, -0.2) is 36.3 Å². The van der Waals surface area contributed by atoms with E-state index in [-0.39, 0.29) is 24.9 Å². The summed E-state index contributed by atoms with van der Waals surface area (Å²) < 4.78 is 0. The first kappa shape index (κ1) is 21.5. The smallest absolute Gasteiger partial charge is 0.238 e. The summed E-state index contributed by atoms with van der Waals surface area (Å²) in [6.07, 6.45) is 0. The molecule has 0 radical (unpaired) electrons. The molecule has 5 nitrogen and oxygen atoms in total. The average molecular weight is 429 g/mol. The Balaban J connectivity index is 1.95. The maximum atomic E-state index is 12.3.